The van der Waals surface area contributed by atoms with Gasteiger partial charge in [0, 0.05) is 17.9 Å². The van der Waals surface area contributed by atoms with Crippen molar-refractivity contribution in [3.8, 4) is 0 Å². The van der Waals surface area contributed by atoms with Gasteiger partial charge in [0.15, 0.2) is 0 Å². The minimum atomic E-state index is -3.48. The molecule has 1 rings (SSSR count). The number of hydrogen-bond acceptors (Lipinski definition) is 7. The predicted molar refractivity (Wildman–Crippen MR) is 70.1 cm³/mol. The molecule has 21 heavy (non-hydrogen) atoms. The fourth-order valence-corrected chi connectivity index (χ4v) is 2.23. The van der Waals surface area contributed by atoms with E-state index in [4.69, 9.17) is 5.11 Å². The van der Waals surface area contributed by atoms with Crippen LogP contribution in [0.2, 0.25) is 0 Å². The van der Waals surface area contributed by atoms with Gasteiger partial charge in [-0.1, -0.05) is 0 Å². The molecule has 1 aromatic rings. The summed E-state index contributed by atoms with van der Waals surface area (Å²) in [4.78, 5) is 30.8. The fourth-order valence-electron chi connectivity index (χ4n) is 1.65. The van der Waals surface area contributed by atoms with Gasteiger partial charge in [0.1, 0.15) is 9.84 Å². The molecule has 0 saturated carbocycles. The van der Waals surface area contributed by atoms with E-state index in [0.717, 1.165) is 6.26 Å². The van der Waals surface area contributed by atoms with Crippen molar-refractivity contribution in [3.05, 3.63) is 43.5 Å². The highest BCUT2D eigenvalue weighted by Crippen LogP contribution is 2.29. The summed E-state index contributed by atoms with van der Waals surface area (Å²) in [7, 11) is -3.48. The quantitative estimate of drug-likeness (QED) is 0.595. The summed E-state index contributed by atoms with van der Waals surface area (Å²) in [6, 6.07) is 1.29. The van der Waals surface area contributed by atoms with Crippen LogP contribution >= 0.6 is 0 Å². The van der Waals surface area contributed by atoms with Crippen LogP contribution in [0.15, 0.2) is 12.1 Å². The van der Waals surface area contributed by atoms with Crippen molar-refractivity contribution >= 4 is 27.2 Å². The second kappa shape index (κ2) is 5.83. The number of aromatic carboxylic acids is 1. The van der Waals surface area contributed by atoms with E-state index in [-0.39, 0.29) is 5.56 Å². The third-order valence-electron chi connectivity index (χ3n) is 2.57. The molecule has 1 aromatic carbocycles. The molecule has 0 amide bonds. The van der Waals surface area contributed by atoms with Gasteiger partial charge in [0.05, 0.1) is 27.2 Å². The summed E-state index contributed by atoms with van der Waals surface area (Å²) < 4.78 is 22.2. The van der Waals surface area contributed by atoms with Crippen LogP contribution in [0.1, 0.15) is 15.9 Å². The largest absolute Gasteiger partial charge is 0.478 e. The van der Waals surface area contributed by atoms with Crippen LogP contribution in [-0.2, 0) is 16.3 Å². The van der Waals surface area contributed by atoms with Crippen LogP contribution in [0.3, 0.4) is 0 Å². The topological polar surface area (TPSA) is 158 Å². The Morgan fingerprint density at radius 2 is 1.81 bits per heavy atom. The molecule has 10 nitrogen and oxygen atoms in total. The zero-order valence-electron chi connectivity index (χ0n) is 10.7. The molecule has 0 bridgehead atoms. The van der Waals surface area contributed by atoms with Crippen LogP contribution in [0, 0.1) is 20.2 Å². The third kappa shape index (κ3) is 4.21. The summed E-state index contributed by atoms with van der Waals surface area (Å²) in [5.41, 5.74) is -2.55. The smallest absolute Gasteiger partial charge is 0.336 e. The van der Waals surface area contributed by atoms with E-state index in [1.54, 1.807) is 0 Å². The standard InChI is InChI=1S/C10H10N2O8S/c1-21(19,20)3-2-7-8(10(13)14)4-6(11(15)16)5-9(7)12(17)18/h4-5H,2-3H2,1H3,(H,13,14). The van der Waals surface area contributed by atoms with Crippen molar-refractivity contribution in [2.24, 2.45) is 0 Å². The molecular weight excluding hydrogens is 308 g/mol. The molecule has 0 unspecified atom stereocenters. The van der Waals surface area contributed by atoms with E-state index < -0.39 is 54.8 Å². The lowest BCUT2D eigenvalue weighted by Crippen LogP contribution is -2.12. The molecular formula is C10H10N2O8S. The van der Waals surface area contributed by atoms with Gasteiger partial charge in [-0.25, -0.2) is 13.2 Å². The highest BCUT2D eigenvalue weighted by Gasteiger charge is 2.27. The lowest BCUT2D eigenvalue weighted by Gasteiger charge is -2.06. The SMILES string of the molecule is CS(=O)(=O)CCc1c(C(=O)O)cc([N+](=O)[O-])cc1[N+](=O)[O-]. The Balaban J connectivity index is 3.53. The first-order valence-corrected chi connectivity index (χ1v) is 7.45. The number of non-ortho nitro benzene ring substituents is 1. The number of carboxylic acids is 1. The zero-order chi connectivity index (χ0) is 16.4. The van der Waals surface area contributed by atoms with E-state index in [2.05, 4.69) is 0 Å². The molecule has 0 aliphatic heterocycles. The van der Waals surface area contributed by atoms with Crippen molar-refractivity contribution < 1.29 is 28.2 Å². The Kier molecular flexibility index (Phi) is 4.58. The van der Waals surface area contributed by atoms with Gasteiger partial charge in [-0.3, -0.25) is 20.2 Å². The number of nitro groups is 2. The number of nitrogens with zero attached hydrogens (tertiary/aromatic N) is 2. The molecule has 1 N–H and O–H groups in total. The van der Waals surface area contributed by atoms with Crippen LogP contribution < -0.4 is 0 Å². The molecule has 0 radical (unpaired) electrons. The Morgan fingerprint density at radius 3 is 2.19 bits per heavy atom. The second-order valence-corrected chi connectivity index (χ2v) is 6.45. The normalized spacial score (nSPS) is 11.1. The van der Waals surface area contributed by atoms with Crippen LogP contribution in [0.25, 0.3) is 0 Å². The first-order chi connectivity index (χ1) is 9.53. The van der Waals surface area contributed by atoms with Gasteiger partial charge < -0.3 is 5.11 Å². The molecule has 114 valence electrons. The number of benzene rings is 1. The first kappa shape index (κ1) is 16.5. The summed E-state index contributed by atoms with van der Waals surface area (Å²) >= 11 is 0. The summed E-state index contributed by atoms with van der Waals surface area (Å²) in [5.74, 6) is -2.11. The van der Waals surface area contributed by atoms with E-state index in [1.165, 1.54) is 0 Å². The Hall–Kier alpha value is -2.56. The summed E-state index contributed by atoms with van der Waals surface area (Å²) in [5, 5.41) is 30.6. The monoisotopic (exact) mass is 318 g/mol. The molecule has 0 atom stereocenters. The molecule has 0 spiro atoms. The highest BCUT2D eigenvalue weighted by atomic mass is 32.2. The molecule has 0 fully saturated rings. The van der Waals surface area contributed by atoms with E-state index in [9.17, 15) is 33.4 Å². The van der Waals surface area contributed by atoms with Gasteiger partial charge in [0.2, 0.25) is 0 Å². The maximum absolute atomic E-state index is 11.1. The zero-order valence-corrected chi connectivity index (χ0v) is 11.5. The van der Waals surface area contributed by atoms with Crippen LogP contribution in [0.4, 0.5) is 11.4 Å². The maximum atomic E-state index is 11.1. The maximum Gasteiger partial charge on any atom is 0.336 e. The van der Waals surface area contributed by atoms with Gasteiger partial charge in [-0.15, -0.1) is 0 Å². The lowest BCUT2D eigenvalue weighted by molar-refractivity contribution is -0.394. The van der Waals surface area contributed by atoms with Crippen molar-refractivity contribution in [1.29, 1.82) is 0 Å². The van der Waals surface area contributed by atoms with E-state index in [1.807, 2.05) is 0 Å². The molecule has 0 saturated heterocycles. The molecule has 0 aliphatic rings. The van der Waals surface area contributed by atoms with Crippen LogP contribution in [-0.4, -0.2) is 41.3 Å². The Bertz CT molecular complexity index is 690. The number of nitro benzene ring substituents is 2. The Labute approximate surface area is 118 Å². The average molecular weight is 318 g/mol. The summed E-state index contributed by atoms with van der Waals surface area (Å²) in [6.45, 7) is 0. The van der Waals surface area contributed by atoms with Gasteiger partial charge in [-0.05, 0) is 6.42 Å². The first-order valence-electron chi connectivity index (χ1n) is 5.39. The third-order valence-corrected chi connectivity index (χ3v) is 3.52. The minimum absolute atomic E-state index is 0.358. The van der Waals surface area contributed by atoms with E-state index in [0.29, 0.717) is 12.1 Å². The summed E-state index contributed by atoms with van der Waals surface area (Å²) in [6.07, 6.45) is 0.472. The van der Waals surface area contributed by atoms with Gasteiger partial charge in [0.25, 0.3) is 11.4 Å². The van der Waals surface area contributed by atoms with Crippen LogP contribution in [0.5, 0.6) is 0 Å². The minimum Gasteiger partial charge on any atom is -0.478 e. The van der Waals surface area contributed by atoms with Crippen molar-refractivity contribution in [1.82, 2.24) is 0 Å². The number of hydrogen-bond donors (Lipinski definition) is 1. The second-order valence-electron chi connectivity index (χ2n) is 4.19. The molecule has 0 heterocycles. The average Bonchev–Trinajstić information content (AvgIpc) is 2.33. The van der Waals surface area contributed by atoms with E-state index >= 15 is 0 Å². The number of carboxylic acid groups (broad SMARTS) is 1. The van der Waals surface area contributed by atoms with Crippen molar-refractivity contribution in [2.45, 2.75) is 6.42 Å². The highest BCUT2D eigenvalue weighted by molar-refractivity contribution is 7.90. The number of carbonyl (C=O) groups is 1. The molecule has 0 aliphatic carbocycles. The molecule has 0 aromatic heterocycles. The predicted octanol–water partition coefficient (Wildman–Crippen LogP) is 0.788. The van der Waals surface area contributed by atoms with Gasteiger partial charge >= 0.3 is 5.97 Å². The lowest BCUT2D eigenvalue weighted by atomic mass is 10.0. The van der Waals surface area contributed by atoms with Crippen molar-refractivity contribution in [2.75, 3.05) is 12.0 Å². The number of sulfone groups is 1. The fraction of sp³-hybridized carbons (Fsp3) is 0.300. The Morgan fingerprint density at radius 1 is 1.24 bits per heavy atom. The number of rotatable bonds is 6. The molecule has 11 heteroatoms. The van der Waals surface area contributed by atoms with Gasteiger partial charge in [-0.2, -0.15) is 0 Å². The van der Waals surface area contributed by atoms with Crippen molar-refractivity contribution in [3.63, 3.8) is 0 Å².